The van der Waals surface area contributed by atoms with E-state index in [-0.39, 0.29) is 28.5 Å². The van der Waals surface area contributed by atoms with Gasteiger partial charge in [0.2, 0.25) is 21.8 Å². The number of carbonyl (C=O) groups excluding carboxylic acids is 2. The molecule has 0 atom stereocenters. The summed E-state index contributed by atoms with van der Waals surface area (Å²) in [4.78, 5) is 27.5. The van der Waals surface area contributed by atoms with Gasteiger partial charge in [-0.25, -0.2) is 13.1 Å². The summed E-state index contributed by atoms with van der Waals surface area (Å²) in [5.41, 5.74) is 0.561. The van der Waals surface area contributed by atoms with E-state index in [1.807, 2.05) is 4.90 Å². The van der Waals surface area contributed by atoms with E-state index in [9.17, 15) is 18.0 Å². The standard InChI is InChI=1S/C21H32N4O4S/c1-16(26)23-19-7-9-20(10-8-19)30(28,29)22-15-17-3-5-18(6-4-17)21(27)25-13-11-24(2)12-14-25/h7-10,17-18,22H,3-6,11-15H2,1-2H3,(H,23,26)/p+1. The number of rotatable bonds is 6. The molecule has 1 aromatic rings. The van der Waals surface area contributed by atoms with Crippen molar-refractivity contribution in [2.75, 3.05) is 45.1 Å². The Morgan fingerprint density at radius 3 is 2.23 bits per heavy atom. The molecule has 3 N–H and O–H groups in total. The van der Waals surface area contributed by atoms with Crippen LogP contribution in [0.3, 0.4) is 0 Å². The van der Waals surface area contributed by atoms with Crippen molar-refractivity contribution in [3.63, 3.8) is 0 Å². The Morgan fingerprint density at radius 2 is 1.67 bits per heavy atom. The quantitative estimate of drug-likeness (QED) is 0.587. The van der Waals surface area contributed by atoms with E-state index >= 15 is 0 Å². The maximum atomic E-state index is 12.7. The molecule has 0 radical (unpaired) electrons. The van der Waals surface area contributed by atoms with E-state index in [0.29, 0.717) is 12.2 Å². The molecule has 1 aromatic carbocycles. The zero-order chi connectivity index (χ0) is 21.7. The molecule has 3 rings (SSSR count). The lowest BCUT2D eigenvalue weighted by Crippen LogP contribution is -3.12. The number of likely N-dealkylation sites (N-methyl/N-ethyl adjacent to an activating group) is 1. The van der Waals surface area contributed by atoms with E-state index in [1.54, 1.807) is 12.1 Å². The number of carbonyl (C=O) groups is 2. The van der Waals surface area contributed by atoms with Gasteiger partial charge in [-0.15, -0.1) is 0 Å². The van der Waals surface area contributed by atoms with Crippen LogP contribution in [0.15, 0.2) is 29.2 Å². The van der Waals surface area contributed by atoms with E-state index in [4.69, 9.17) is 0 Å². The Bertz CT molecular complexity index is 840. The average Bonchev–Trinajstić information content (AvgIpc) is 2.73. The summed E-state index contributed by atoms with van der Waals surface area (Å²) in [6.45, 7) is 5.48. The molecule has 2 aliphatic rings. The predicted molar refractivity (Wildman–Crippen MR) is 115 cm³/mol. The Hall–Kier alpha value is -1.97. The van der Waals surface area contributed by atoms with E-state index in [2.05, 4.69) is 17.1 Å². The minimum absolute atomic E-state index is 0.0811. The third-order valence-corrected chi connectivity index (χ3v) is 7.61. The normalized spacial score (nSPS) is 23.2. The minimum atomic E-state index is -3.60. The Labute approximate surface area is 179 Å². The maximum Gasteiger partial charge on any atom is 0.240 e. The van der Waals surface area contributed by atoms with Gasteiger partial charge in [-0.1, -0.05) is 0 Å². The number of piperazine rings is 1. The number of nitrogens with one attached hydrogen (secondary N) is 3. The van der Waals surface area contributed by atoms with Crippen LogP contribution in [0.2, 0.25) is 0 Å². The molecule has 0 unspecified atom stereocenters. The van der Waals surface area contributed by atoms with Gasteiger partial charge in [-0.2, -0.15) is 0 Å². The highest BCUT2D eigenvalue weighted by molar-refractivity contribution is 7.89. The van der Waals surface area contributed by atoms with Gasteiger partial charge >= 0.3 is 0 Å². The second-order valence-corrected chi connectivity index (χ2v) is 10.3. The van der Waals surface area contributed by atoms with E-state index in [1.165, 1.54) is 24.0 Å². The first-order chi connectivity index (χ1) is 14.2. The van der Waals surface area contributed by atoms with Crippen LogP contribution in [-0.2, 0) is 19.6 Å². The van der Waals surface area contributed by atoms with Crippen LogP contribution >= 0.6 is 0 Å². The molecule has 1 heterocycles. The van der Waals surface area contributed by atoms with Crippen LogP contribution in [0.25, 0.3) is 0 Å². The maximum absolute atomic E-state index is 12.7. The fourth-order valence-corrected chi connectivity index (χ4v) is 5.33. The lowest BCUT2D eigenvalue weighted by Gasteiger charge is -2.35. The molecule has 1 aliphatic heterocycles. The third kappa shape index (κ3) is 6.02. The number of benzene rings is 1. The fourth-order valence-electron chi connectivity index (χ4n) is 4.21. The summed E-state index contributed by atoms with van der Waals surface area (Å²) in [5, 5.41) is 2.62. The largest absolute Gasteiger partial charge is 0.334 e. The fraction of sp³-hybridized carbons (Fsp3) is 0.619. The van der Waals surface area contributed by atoms with Crippen molar-refractivity contribution in [3.05, 3.63) is 24.3 Å². The summed E-state index contributed by atoms with van der Waals surface area (Å²) in [7, 11) is -1.44. The number of quaternary nitrogens is 1. The van der Waals surface area contributed by atoms with Crippen LogP contribution in [0.5, 0.6) is 0 Å². The molecular weight excluding hydrogens is 404 g/mol. The highest BCUT2D eigenvalue weighted by Gasteiger charge is 2.31. The van der Waals surface area contributed by atoms with Gasteiger partial charge < -0.3 is 15.1 Å². The van der Waals surface area contributed by atoms with Crippen molar-refractivity contribution in [2.24, 2.45) is 11.8 Å². The molecule has 0 spiro atoms. The van der Waals surface area contributed by atoms with Gasteiger partial charge in [0.15, 0.2) is 0 Å². The summed E-state index contributed by atoms with van der Waals surface area (Å²) in [6, 6.07) is 6.13. The molecule has 1 aliphatic carbocycles. The van der Waals surface area contributed by atoms with Crippen LogP contribution in [0.1, 0.15) is 32.6 Å². The summed E-state index contributed by atoms with van der Waals surface area (Å²) in [6.07, 6.45) is 3.38. The highest BCUT2D eigenvalue weighted by atomic mass is 32.2. The molecule has 2 amide bonds. The van der Waals surface area contributed by atoms with Crippen LogP contribution in [-0.4, -0.2) is 64.9 Å². The van der Waals surface area contributed by atoms with Gasteiger partial charge in [-0.05, 0) is 55.9 Å². The van der Waals surface area contributed by atoms with Crippen LogP contribution < -0.4 is 14.9 Å². The molecule has 2 fully saturated rings. The number of amides is 2. The summed E-state index contributed by atoms with van der Waals surface area (Å²) < 4.78 is 27.8. The zero-order valence-electron chi connectivity index (χ0n) is 17.8. The third-order valence-electron chi connectivity index (χ3n) is 6.17. The summed E-state index contributed by atoms with van der Waals surface area (Å²) in [5.74, 6) is 0.407. The highest BCUT2D eigenvalue weighted by Crippen LogP contribution is 2.30. The lowest BCUT2D eigenvalue weighted by molar-refractivity contribution is -0.883. The van der Waals surface area contributed by atoms with E-state index in [0.717, 1.165) is 51.9 Å². The first kappa shape index (κ1) is 22.7. The second kappa shape index (κ2) is 9.89. The summed E-state index contributed by atoms with van der Waals surface area (Å²) >= 11 is 0. The van der Waals surface area contributed by atoms with Gasteiger partial charge in [0, 0.05) is 25.1 Å². The van der Waals surface area contributed by atoms with Gasteiger partial charge in [-0.3, -0.25) is 9.59 Å². The molecule has 0 bridgehead atoms. The molecule has 0 aromatic heterocycles. The second-order valence-electron chi connectivity index (χ2n) is 8.56. The van der Waals surface area contributed by atoms with Crippen LogP contribution in [0.4, 0.5) is 5.69 Å². The van der Waals surface area contributed by atoms with Crippen molar-refractivity contribution < 1.29 is 22.9 Å². The topological polar surface area (TPSA) is 100 Å². The molecule has 1 saturated heterocycles. The number of anilines is 1. The molecule has 8 nitrogen and oxygen atoms in total. The first-order valence-corrected chi connectivity index (χ1v) is 12.2. The molecular formula is C21H33N4O4S+. The Kier molecular flexibility index (Phi) is 7.49. The van der Waals surface area contributed by atoms with Crippen molar-refractivity contribution in [3.8, 4) is 0 Å². The van der Waals surface area contributed by atoms with Crippen LogP contribution in [0, 0.1) is 11.8 Å². The molecule has 30 heavy (non-hydrogen) atoms. The Balaban J connectivity index is 1.45. The van der Waals surface area contributed by atoms with Crippen molar-refractivity contribution in [2.45, 2.75) is 37.5 Å². The lowest BCUT2D eigenvalue weighted by atomic mass is 9.81. The monoisotopic (exact) mass is 437 g/mol. The SMILES string of the molecule is CC(=O)Nc1ccc(S(=O)(=O)NCC2CCC(C(=O)N3CC[NH+](C)CC3)CC2)cc1. The number of hydrogen-bond acceptors (Lipinski definition) is 4. The molecule has 1 saturated carbocycles. The smallest absolute Gasteiger partial charge is 0.240 e. The van der Waals surface area contributed by atoms with Crippen molar-refractivity contribution >= 4 is 27.5 Å². The number of hydrogen-bond donors (Lipinski definition) is 3. The predicted octanol–water partition coefficient (Wildman–Crippen LogP) is 0.0866. The average molecular weight is 438 g/mol. The number of nitrogens with zero attached hydrogens (tertiary/aromatic N) is 1. The minimum Gasteiger partial charge on any atom is -0.334 e. The Morgan fingerprint density at radius 1 is 1.07 bits per heavy atom. The van der Waals surface area contributed by atoms with Gasteiger partial charge in [0.05, 0.1) is 38.1 Å². The molecule has 166 valence electrons. The number of sulfonamides is 1. The van der Waals surface area contributed by atoms with E-state index < -0.39 is 10.0 Å². The zero-order valence-corrected chi connectivity index (χ0v) is 18.6. The first-order valence-electron chi connectivity index (χ1n) is 10.7. The van der Waals surface area contributed by atoms with Gasteiger partial charge in [0.25, 0.3) is 0 Å². The molecule has 9 heteroatoms. The van der Waals surface area contributed by atoms with Crippen molar-refractivity contribution in [1.82, 2.24) is 9.62 Å². The van der Waals surface area contributed by atoms with Crippen molar-refractivity contribution in [1.29, 1.82) is 0 Å². The van der Waals surface area contributed by atoms with Gasteiger partial charge in [0.1, 0.15) is 0 Å².